The molecule has 1 fully saturated rings. The summed E-state index contributed by atoms with van der Waals surface area (Å²) >= 11 is 1.61. The molecule has 1 aliphatic heterocycles. The second kappa shape index (κ2) is 9.11. The van der Waals surface area contributed by atoms with Gasteiger partial charge in [-0.3, -0.25) is 9.59 Å². The largest absolute Gasteiger partial charge is 0.351 e. The third-order valence-corrected chi connectivity index (χ3v) is 6.71. The lowest BCUT2D eigenvalue weighted by Crippen LogP contribution is -2.50. The van der Waals surface area contributed by atoms with Gasteiger partial charge in [0.05, 0.1) is 17.0 Å². The maximum Gasteiger partial charge on any atom is 0.292 e. The van der Waals surface area contributed by atoms with Crippen LogP contribution in [0, 0.1) is 6.92 Å². The molecule has 1 aromatic carbocycles. The van der Waals surface area contributed by atoms with Crippen molar-refractivity contribution in [3.05, 3.63) is 83.6 Å². The highest BCUT2D eigenvalue weighted by atomic mass is 32.2. The van der Waals surface area contributed by atoms with E-state index in [2.05, 4.69) is 10.1 Å². The molecule has 0 radical (unpaired) electrons. The Kier molecular flexibility index (Phi) is 5.87. The van der Waals surface area contributed by atoms with Gasteiger partial charge in [-0.05, 0) is 31.2 Å². The molecule has 0 unspecified atom stereocenters. The first-order valence-corrected chi connectivity index (χ1v) is 11.7. The number of aromatic nitrogens is 3. The van der Waals surface area contributed by atoms with Crippen LogP contribution in [-0.4, -0.2) is 62.3 Å². The summed E-state index contributed by atoms with van der Waals surface area (Å²) in [5, 5.41) is 3.78. The second-order valence-electron chi connectivity index (χ2n) is 7.90. The number of hydrogen-bond donors (Lipinski definition) is 0. The molecular weight excluding hydrogens is 438 g/mol. The SMILES string of the molecule is Cc1cc(C(=O)N2CCN(C(=O)c3ccccc3SCc3cn4ccccc4n3)CC2)on1. The fourth-order valence-corrected chi connectivity index (χ4v) is 4.81. The average molecular weight is 462 g/mol. The van der Waals surface area contributed by atoms with E-state index in [1.54, 1.807) is 34.6 Å². The van der Waals surface area contributed by atoms with E-state index in [1.165, 1.54) is 0 Å². The monoisotopic (exact) mass is 461 g/mol. The summed E-state index contributed by atoms with van der Waals surface area (Å²) in [6.45, 7) is 3.65. The molecule has 0 atom stereocenters. The predicted molar refractivity (Wildman–Crippen MR) is 124 cm³/mol. The molecule has 0 N–H and O–H groups in total. The number of nitrogens with zero attached hydrogens (tertiary/aromatic N) is 5. The van der Waals surface area contributed by atoms with Crippen molar-refractivity contribution in [3.8, 4) is 0 Å². The van der Waals surface area contributed by atoms with Crippen molar-refractivity contribution >= 4 is 29.2 Å². The van der Waals surface area contributed by atoms with Gasteiger partial charge in [-0.1, -0.05) is 23.4 Å². The van der Waals surface area contributed by atoms with Crippen LogP contribution in [0.5, 0.6) is 0 Å². The van der Waals surface area contributed by atoms with Crippen LogP contribution in [0.4, 0.5) is 0 Å². The molecule has 9 heteroatoms. The van der Waals surface area contributed by atoms with Crippen molar-refractivity contribution in [2.24, 2.45) is 0 Å². The lowest BCUT2D eigenvalue weighted by Gasteiger charge is -2.34. The molecule has 8 nitrogen and oxygen atoms in total. The van der Waals surface area contributed by atoms with Crippen LogP contribution in [0.25, 0.3) is 5.65 Å². The first-order valence-electron chi connectivity index (χ1n) is 10.7. The van der Waals surface area contributed by atoms with Gasteiger partial charge in [0.2, 0.25) is 5.76 Å². The van der Waals surface area contributed by atoms with Gasteiger partial charge in [-0.2, -0.15) is 0 Å². The first-order chi connectivity index (χ1) is 16.1. The van der Waals surface area contributed by atoms with Gasteiger partial charge >= 0.3 is 0 Å². The van der Waals surface area contributed by atoms with Gasteiger partial charge in [-0.15, -0.1) is 11.8 Å². The van der Waals surface area contributed by atoms with Gasteiger partial charge in [0, 0.05) is 55.3 Å². The molecule has 1 saturated heterocycles. The Morgan fingerprint density at radius 1 is 1.00 bits per heavy atom. The Bertz CT molecular complexity index is 1270. The number of imidazole rings is 1. The zero-order chi connectivity index (χ0) is 22.8. The van der Waals surface area contributed by atoms with E-state index in [0.717, 1.165) is 16.2 Å². The summed E-state index contributed by atoms with van der Waals surface area (Å²) in [5.74, 6) is 0.702. The Labute approximate surface area is 195 Å². The van der Waals surface area contributed by atoms with E-state index in [1.807, 2.05) is 59.3 Å². The maximum absolute atomic E-state index is 13.3. The van der Waals surface area contributed by atoms with Crippen LogP contribution in [0.3, 0.4) is 0 Å². The van der Waals surface area contributed by atoms with Crippen LogP contribution < -0.4 is 0 Å². The van der Waals surface area contributed by atoms with Crippen LogP contribution >= 0.6 is 11.8 Å². The van der Waals surface area contributed by atoms with Gasteiger partial charge in [0.1, 0.15) is 5.65 Å². The minimum absolute atomic E-state index is 0.0179. The maximum atomic E-state index is 13.3. The van der Waals surface area contributed by atoms with Crippen molar-refractivity contribution in [2.75, 3.05) is 26.2 Å². The summed E-state index contributed by atoms with van der Waals surface area (Å²) in [6.07, 6.45) is 3.99. The van der Waals surface area contributed by atoms with Crippen molar-refractivity contribution < 1.29 is 14.1 Å². The molecule has 2 amide bonds. The molecule has 168 valence electrons. The third-order valence-electron chi connectivity index (χ3n) is 5.60. The molecule has 0 spiro atoms. The number of benzene rings is 1. The Morgan fingerprint density at radius 2 is 1.73 bits per heavy atom. The number of piperazine rings is 1. The zero-order valence-electron chi connectivity index (χ0n) is 18.2. The third kappa shape index (κ3) is 4.49. The van der Waals surface area contributed by atoms with Crippen LogP contribution in [0.2, 0.25) is 0 Å². The summed E-state index contributed by atoms with van der Waals surface area (Å²) < 4.78 is 7.08. The number of thioether (sulfide) groups is 1. The number of amides is 2. The normalized spacial score (nSPS) is 14.1. The number of aryl methyl sites for hydroxylation is 1. The second-order valence-corrected chi connectivity index (χ2v) is 8.92. The fraction of sp³-hybridized carbons (Fsp3) is 0.250. The Balaban J connectivity index is 1.23. The minimum Gasteiger partial charge on any atom is -0.351 e. The molecular formula is C24H23N5O3S. The zero-order valence-corrected chi connectivity index (χ0v) is 19.0. The summed E-state index contributed by atoms with van der Waals surface area (Å²) in [6, 6.07) is 15.2. The number of hydrogen-bond acceptors (Lipinski definition) is 6. The topological polar surface area (TPSA) is 84.0 Å². The Hall–Kier alpha value is -3.59. The first kappa shape index (κ1) is 21.3. The molecule has 4 aromatic rings. The number of carbonyl (C=O) groups excluding carboxylic acids is 2. The average Bonchev–Trinajstić information content (AvgIpc) is 3.48. The van der Waals surface area contributed by atoms with Crippen molar-refractivity contribution in [1.29, 1.82) is 0 Å². The number of rotatable bonds is 5. The lowest BCUT2D eigenvalue weighted by atomic mass is 10.1. The molecule has 5 rings (SSSR count). The fourth-order valence-electron chi connectivity index (χ4n) is 3.88. The Morgan fingerprint density at radius 3 is 2.45 bits per heavy atom. The highest BCUT2D eigenvalue weighted by molar-refractivity contribution is 7.98. The van der Waals surface area contributed by atoms with E-state index in [0.29, 0.717) is 43.2 Å². The molecule has 4 heterocycles. The molecule has 0 aliphatic carbocycles. The van der Waals surface area contributed by atoms with E-state index >= 15 is 0 Å². The number of carbonyl (C=O) groups is 2. The summed E-state index contributed by atoms with van der Waals surface area (Å²) in [5.41, 5.74) is 3.22. The molecule has 0 bridgehead atoms. The molecule has 3 aromatic heterocycles. The summed E-state index contributed by atoms with van der Waals surface area (Å²) in [7, 11) is 0. The molecule has 1 aliphatic rings. The van der Waals surface area contributed by atoms with Gasteiger partial charge in [0.15, 0.2) is 0 Å². The smallest absolute Gasteiger partial charge is 0.292 e. The van der Waals surface area contributed by atoms with Crippen molar-refractivity contribution in [1.82, 2.24) is 24.3 Å². The predicted octanol–water partition coefficient (Wildman–Crippen LogP) is 3.52. The van der Waals surface area contributed by atoms with E-state index in [9.17, 15) is 9.59 Å². The van der Waals surface area contributed by atoms with Gasteiger partial charge in [-0.25, -0.2) is 4.98 Å². The highest BCUT2D eigenvalue weighted by Crippen LogP contribution is 2.27. The van der Waals surface area contributed by atoms with Crippen molar-refractivity contribution in [2.45, 2.75) is 17.6 Å². The van der Waals surface area contributed by atoms with E-state index in [-0.39, 0.29) is 17.6 Å². The van der Waals surface area contributed by atoms with Gasteiger partial charge < -0.3 is 18.7 Å². The standard InChI is InChI=1S/C24H23N5O3S/c1-17-14-20(32-26-17)24(31)28-12-10-27(11-13-28)23(30)19-6-2-3-7-21(19)33-16-18-15-29-9-5-4-8-22(29)25-18/h2-9,14-15H,10-13,16H2,1H3. The highest BCUT2D eigenvalue weighted by Gasteiger charge is 2.28. The molecule has 33 heavy (non-hydrogen) atoms. The summed E-state index contributed by atoms with van der Waals surface area (Å²) in [4.78, 5) is 34.9. The molecule has 0 saturated carbocycles. The van der Waals surface area contributed by atoms with Crippen molar-refractivity contribution in [3.63, 3.8) is 0 Å². The lowest BCUT2D eigenvalue weighted by molar-refractivity contribution is 0.0511. The van der Waals surface area contributed by atoms with Crippen LogP contribution in [0.1, 0.15) is 32.3 Å². The van der Waals surface area contributed by atoms with Crippen LogP contribution in [-0.2, 0) is 5.75 Å². The van der Waals surface area contributed by atoms with E-state index in [4.69, 9.17) is 4.52 Å². The van der Waals surface area contributed by atoms with Gasteiger partial charge in [0.25, 0.3) is 11.8 Å². The van der Waals surface area contributed by atoms with Crippen LogP contribution in [0.15, 0.2) is 70.3 Å². The number of pyridine rings is 1. The van der Waals surface area contributed by atoms with E-state index < -0.39 is 0 Å². The minimum atomic E-state index is -0.189. The quantitative estimate of drug-likeness (QED) is 0.423. The number of fused-ring (bicyclic) bond motifs is 1.